The van der Waals surface area contributed by atoms with Gasteiger partial charge in [-0.15, -0.1) is 0 Å². The number of likely N-dealkylation sites (tertiary alicyclic amines) is 1. The minimum atomic E-state index is -0.471. The minimum Gasteiger partial charge on any atom is -0.394 e. The van der Waals surface area contributed by atoms with E-state index in [0.29, 0.717) is 12.1 Å². The first-order valence-electron chi connectivity index (χ1n) is 6.46. The van der Waals surface area contributed by atoms with Crippen LogP contribution in [-0.2, 0) is 4.79 Å². The van der Waals surface area contributed by atoms with E-state index in [1.807, 2.05) is 0 Å². The number of aliphatic hydroxyl groups excluding tert-OH is 1. The molecule has 1 fully saturated rings. The van der Waals surface area contributed by atoms with Crippen LogP contribution >= 0.6 is 0 Å². The smallest absolute Gasteiger partial charge is 0.270 e. The number of hydrogen-bond acceptors (Lipinski definition) is 4. The normalized spacial score (nSPS) is 18.6. The maximum absolute atomic E-state index is 12.0. The fraction of sp³-hybridized carbons (Fsp3) is 0.357. The van der Waals surface area contributed by atoms with Crippen LogP contribution in [0.25, 0.3) is 6.08 Å². The van der Waals surface area contributed by atoms with Gasteiger partial charge in [-0.25, -0.2) is 0 Å². The van der Waals surface area contributed by atoms with Crippen molar-refractivity contribution < 1.29 is 14.8 Å². The average Bonchev–Trinajstić information content (AvgIpc) is 2.93. The van der Waals surface area contributed by atoms with Crippen LogP contribution in [0.5, 0.6) is 0 Å². The maximum atomic E-state index is 12.0. The lowest BCUT2D eigenvalue weighted by atomic mass is 10.2. The van der Waals surface area contributed by atoms with Gasteiger partial charge in [-0.1, -0.05) is 12.1 Å². The quantitative estimate of drug-likeness (QED) is 0.514. The number of aliphatic hydroxyl groups is 1. The second-order valence-corrected chi connectivity index (χ2v) is 4.70. The van der Waals surface area contributed by atoms with E-state index in [0.717, 1.165) is 12.8 Å². The highest BCUT2D eigenvalue weighted by Crippen LogP contribution is 2.18. The van der Waals surface area contributed by atoms with E-state index in [9.17, 15) is 20.0 Å². The van der Waals surface area contributed by atoms with Crippen molar-refractivity contribution in [1.29, 1.82) is 0 Å². The first-order chi connectivity index (χ1) is 9.61. The Kier molecular flexibility index (Phi) is 4.47. The van der Waals surface area contributed by atoms with Gasteiger partial charge in [-0.3, -0.25) is 14.9 Å². The summed E-state index contributed by atoms with van der Waals surface area (Å²) < 4.78 is 0. The van der Waals surface area contributed by atoms with E-state index in [-0.39, 0.29) is 24.2 Å². The Bertz CT molecular complexity index is 542. The fourth-order valence-corrected chi connectivity index (χ4v) is 2.32. The summed E-state index contributed by atoms with van der Waals surface area (Å²) in [6.45, 7) is 0.611. The SMILES string of the molecule is O=C(C=Cc1cccc([N+](=O)[O-])c1)N1CCC[C@@H]1CO. The zero-order chi connectivity index (χ0) is 14.5. The van der Waals surface area contributed by atoms with Crippen molar-refractivity contribution in [1.82, 2.24) is 4.90 Å². The molecule has 1 N–H and O–H groups in total. The fourth-order valence-electron chi connectivity index (χ4n) is 2.32. The van der Waals surface area contributed by atoms with E-state index in [4.69, 9.17) is 0 Å². The van der Waals surface area contributed by atoms with Crippen LogP contribution in [0.3, 0.4) is 0 Å². The average molecular weight is 276 g/mol. The van der Waals surface area contributed by atoms with Crippen molar-refractivity contribution in [2.45, 2.75) is 18.9 Å². The Morgan fingerprint density at radius 1 is 1.55 bits per heavy atom. The number of amides is 1. The molecule has 6 heteroatoms. The predicted molar refractivity (Wildman–Crippen MR) is 74.0 cm³/mol. The lowest BCUT2D eigenvalue weighted by molar-refractivity contribution is -0.384. The van der Waals surface area contributed by atoms with E-state index in [2.05, 4.69) is 0 Å². The molecule has 1 aromatic rings. The molecular weight excluding hydrogens is 260 g/mol. The second kappa shape index (κ2) is 6.29. The molecule has 0 spiro atoms. The highest BCUT2D eigenvalue weighted by atomic mass is 16.6. The van der Waals surface area contributed by atoms with E-state index in [1.54, 1.807) is 23.1 Å². The largest absolute Gasteiger partial charge is 0.394 e. The Hall–Kier alpha value is -2.21. The molecule has 1 aliphatic rings. The molecule has 0 saturated carbocycles. The van der Waals surface area contributed by atoms with Crippen LogP contribution in [-0.4, -0.2) is 40.0 Å². The van der Waals surface area contributed by atoms with Gasteiger partial charge in [0.15, 0.2) is 0 Å². The molecule has 2 rings (SSSR count). The zero-order valence-electron chi connectivity index (χ0n) is 10.9. The summed E-state index contributed by atoms with van der Waals surface area (Å²) in [5.41, 5.74) is 0.598. The van der Waals surface area contributed by atoms with Crippen molar-refractivity contribution in [2.24, 2.45) is 0 Å². The number of nitro groups is 1. The summed E-state index contributed by atoms with van der Waals surface area (Å²) in [4.78, 5) is 23.8. The standard InChI is InChI=1S/C14H16N2O4/c17-10-13-5-2-8-15(13)14(18)7-6-11-3-1-4-12(9-11)16(19)20/h1,3-4,6-7,9,13,17H,2,5,8,10H2/t13-/m1/s1. The Labute approximate surface area is 116 Å². The summed E-state index contributed by atoms with van der Waals surface area (Å²) in [6, 6.07) is 5.98. The van der Waals surface area contributed by atoms with Crippen LogP contribution in [0.4, 0.5) is 5.69 Å². The van der Waals surface area contributed by atoms with Crippen LogP contribution < -0.4 is 0 Å². The van der Waals surface area contributed by atoms with Gasteiger partial charge in [0.25, 0.3) is 5.69 Å². The van der Waals surface area contributed by atoms with Crippen molar-refractivity contribution in [3.63, 3.8) is 0 Å². The maximum Gasteiger partial charge on any atom is 0.270 e. The van der Waals surface area contributed by atoms with Gasteiger partial charge in [0.2, 0.25) is 5.91 Å². The summed E-state index contributed by atoms with van der Waals surface area (Å²) in [7, 11) is 0. The van der Waals surface area contributed by atoms with Gasteiger partial charge in [0.1, 0.15) is 0 Å². The van der Waals surface area contributed by atoms with Gasteiger partial charge in [-0.05, 0) is 24.5 Å². The van der Waals surface area contributed by atoms with Crippen molar-refractivity contribution in [2.75, 3.05) is 13.2 Å². The molecule has 0 aromatic heterocycles. The first kappa shape index (κ1) is 14.2. The van der Waals surface area contributed by atoms with Gasteiger partial charge in [0, 0.05) is 24.8 Å². The Morgan fingerprint density at radius 3 is 3.05 bits per heavy atom. The summed E-state index contributed by atoms with van der Waals surface area (Å²) >= 11 is 0. The van der Waals surface area contributed by atoms with E-state index >= 15 is 0 Å². The number of nitrogens with zero attached hydrogens (tertiary/aromatic N) is 2. The van der Waals surface area contributed by atoms with Gasteiger partial charge in [0.05, 0.1) is 17.6 Å². The summed E-state index contributed by atoms with van der Waals surface area (Å²) in [6.07, 6.45) is 4.66. The number of rotatable bonds is 4. The number of benzene rings is 1. The van der Waals surface area contributed by atoms with Crippen molar-refractivity contribution in [3.05, 3.63) is 46.0 Å². The van der Waals surface area contributed by atoms with E-state index < -0.39 is 4.92 Å². The first-order valence-corrected chi connectivity index (χ1v) is 6.46. The predicted octanol–water partition coefficient (Wildman–Crippen LogP) is 1.59. The van der Waals surface area contributed by atoms with E-state index in [1.165, 1.54) is 18.2 Å². The lowest BCUT2D eigenvalue weighted by Crippen LogP contribution is -2.36. The number of hydrogen-bond donors (Lipinski definition) is 1. The molecule has 20 heavy (non-hydrogen) atoms. The molecule has 0 aliphatic carbocycles. The molecular formula is C14H16N2O4. The molecule has 6 nitrogen and oxygen atoms in total. The number of non-ortho nitro benzene ring substituents is 1. The lowest BCUT2D eigenvalue weighted by Gasteiger charge is -2.21. The van der Waals surface area contributed by atoms with Crippen molar-refractivity contribution >= 4 is 17.7 Å². The van der Waals surface area contributed by atoms with Crippen LogP contribution in [0.15, 0.2) is 30.3 Å². The van der Waals surface area contributed by atoms with Gasteiger partial charge in [-0.2, -0.15) is 0 Å². The molecule has 1 amide bonds. The highest BCUT2D eigenvalue weighted by Gasteiger charge is 2.26. The topological polar surface area (TPSA) is 83.7 Å². The molecule has 1 heterocycles. The Morgan fingerprint density at radius 2 is 2.35 bits per heavy atom. The second-order valence-electron chi connectivity index (χ2n) is 4.70. The molecule has 1 saturated heterocycles. The molecule has 1 atom stereocenters. The molecule has 106 valence electrons. The van der Waals surface area contributed by atoms with Gasteiger partial charge < -0.3 is 10.0 Å². The monoisotopic (exact) mass is 276 g/mol. The summed E-state index contributed by atoms with van der Waals surface area (Å²) in [5, 5.41) is 19.8. The molecule has 1 aliphatic heterocycles. The van der Waals surface area contributed by atoms with Crippen LogP contribution in [0.2, 0.25) is 0 Å². The Balaban J connectivity index is 2.07. The third kappa shape index (κ3) is 3.21. The van der Waals surface area contributed by atoms with Crippen LogP contribution in [0.1, 0.15) is 18.4 Å². The zero-order valence-corrected chi connectivity index (χ0v) is 10.9. The minimum absolute atomic E-state index is 0.00555. The number of carbonyl (C=O) groups is 1. The molecule has 1 aromatic carbocycles. The third-order valence-electron chi connectivity index (χ3n) is 3.37. The van der Waals surface area contributed by atoms with Crippen LogP contribution in [0, 0.1) is 10.1 Å². The number of carbonyl (C=O) groups excluding carboxylic acids is 1. The number of nitro benzene ring substituents is 1. The van der Waals surface area contributed by atoms with Gasteiger partial charge >= 0.3 is 0 Å². The molecule has 0 unspecified atom stereocenters. The highest BCUT2D eigenvalue weighted by molar-refractivity contribution is 5.92. The molecule has 0 radical (unpaired) electrons. The molecule has 0 bridgehead atoms. The van der Waals surface area contributed by atoms with Crippen molar-refractivity contribution in [3.8, 4) is 0 Å². The summed E-state index contributed by atoms with van der Waals surface area (Å²) in [5.74, 6) is -0.173. The third-order valence-corrected chi connectivity index (χ3v) is 3.37.